The van der Waals surface area contributed by atoms with E-state index >= 15 is 0 Å². The van der Waals surface area contributed by atoms with Gasteiger partial charge in [0.2, 0.25) is 0 Å². The summed E-state index contributed by atoms with van der Waals surface area (Å²) in [4.78, 5) is 13.7. The van der Waals surface area contributed by atoms with Gasteiger partial charge in [-0.1, -0.05) is 6.07 Å². The molecule has 1 aliphatic heterocycles. The molecule has 0 radical (unpaired) electrons. The van der Waals surface area contributed by atoms with Crippen LogP contribution in [0.2, 0.25) is 0 Å². The molecular weight excluding hydrogens is 341 g/mol. The Bertz CT molecular complexity index is 544. The molecule has 0 bridgehead atoms. The number of carbonyl (C=O) groups is 1. The van der Waals surface area contributed by atoms with Gasteiger partial charge in [-0.15, -0.1) is 0 Å². The van der Waals surface area contributed by atoms with E-state index in [0.717, 1.165) is 0 Å². The number of aliphatic hydroxyl groups excluding tert-OH is 1. The molecule has 1 amide bonds. The number of aliphatic hydroxyl groups is 1. The molecule has 1 heterocycles. The van der Waals surface area contributed by atoms with Crippen molar-refractivity contribution in [1.29, 1.82) is 0 Å². The molecule has 2 unspecified atom stereocenters. The van der Waals surface area contributed by atoms with E-state index in [2.05, 4.69) is 15.9 Å². The van der Waals surface area contributed by atoms with Crippen LogP contribution >= 0.6 is 15.9 Å². The highest BCUT2D eigenvalue weighted by atomic mass is 79.9. The number of likely N-dealkylation sites (tertiary alicyclic amines) is 1. The van der Waals surface area contributed by atoms with Crippen LogP contribution in [0.25, 0.3) is 0 Å². The van der Waals surface area contributed by atoms with Crippen molar-refractivity contribution < 1.29 is 19.0 Å². The third kappa shape index (κ3) is 3.74. The third-order valence-electron chi connectivity index (χ3n) is 3.28. The zero-order valence-corrected chi connectivity index (χ0v) is 13.9. The number of nitrogens with zero attached hydrogens (tertiary/aromatic N) is 1. The first-order valence-corrected chi connectivity index (χ1v) is 7.61. The van der Waals surface area contributed by atoms with Crippen LogP contribution in [-0.4, -0.2) is 34.3 Å². The predicted molar refractivity (Wildman–Crippen MR) is 80.4 cm³/mol. The Balaban J connectivity index is 2.26. The van der Waals surface area contributed by atoms with Crippen molar-refractivity contribution in [3.63, 3.8) is 0 Å². The second kappa shape index (κ2) is 5.93. The fraction of sp³-hybridized carbons (Fsp3) is 0.533. The van der Waals surface area contributed by atoms with Gasteiger partial charge in [0, 0.05) is 6.54 Å². The van der Waals surface area contributed by atoms with E-state index in [1.165, 1.54) is 11.0 Å². The Kier molecular flexibility index (Phi) is 4.58. The van der Waals surface area contributed by atoms with E-state index < -0.39 is 29.7 Å². The Hall–Kier alpha value is -1.14. The highest BCUT2D eigenvalue weighted by Crippen LogP contribution is 2.34. The van der Waals surface area contributed by atoms with Crippen molar-refractivity contribution in [3.8, 4) is 0 Å². The van der Waals surface area contributed by atoms with Crippen LogP contribution in [0, 0.1) is 5.82 Å². The first-order valence-electron chi connectivity index (χ1n) is 6.81. The minimum absolute atomic E-state index is 0.350. The molecule has 6 heteroatoms. The van der Waals surface area contributed by atoms with E-state index in [-0.39, 0.29) is 0 Å². The summed E-state index contributed by atoms with van der Waals surface area (Å²) in [7, 11) is 0. The van der Waals surface area contributed by atoms with Crippen LogP contribution in [0.5, 0.6) is 0 Å². The molecule has 1 aromatic rings. The van der Waals surface area contributed by atoms with Gasteiger partial charge in [-0.05, 0) is 60.8 Å². The summed E-state index contributed by atoms with van der Waals surface area (Å²) in [6, 6.07) is 4.02. The molecule has 2 atom stereocenters. The van der Waals surface area contributed by atoms with Crippen LogP contribution < -0.4 is 0 Å². The van der Waals surface area contributed by atoms with Crippen LogP contribution in [-0.2, 0) is 4.74 Å². The van der Waals surface area contributed by atoms with Gasteiger partial charge in [-0.3, -0.25) is 4.90 Å². The minimum Gasteiger partial charge on any atom is -0.444 e. The van der Waals surface area contributed by atoms with Gasteiger partial charge >= 0.3 is 6.09 Å². The van der Waals surface area contributed by atoms with E-state index in [4.69, 9.17) is 4.74 Å². The molecule has 116 valence electrons. The maximum atomic E-state index is 13.7. The lowest BCUT2D eigenvalue weighted by atomic mass is 10.0. The van der Waals surface area contributed by atoms with Crippen molar-refractivity contribution in [1.82, 2.24) is 4.90 Å². The number of hydrogen-bond donors (Lipinski definition) is 1. The van der Waals surface area contributed by atoms with Gasteiger partial charge in [0.05, 0.1) is 16.6 Å². The third-order valence-corrected chi connectivity index (χ3v) is 3.92. The molecule has 1 saturated heterocycles. The normalized spacial score (nSPS) is 22.5. The summed E-state index contributed by atoms with van der Waals surface area (Å²) in [6.07, 6.45) is -0.771. The van der Waals surface area contributed by atoms with Crippen LogP contribution in [0.3, 0.4) is 0 Å². The van der Waals surface area contributed by atoms with Crippen LogP contribution in [0.1, 0.15) is 38.8 Å². The first-order chi connectivity index (χ1) is 9.69. The largest absolute Gasteiger partial charge is 0.444 e. The number of halogens is 2. The molecule has 1 aromatic carbocycles. The number of benzene rings is 1. The Morgan fingerprint density at radius 3 is 2.71 bits per heavy atom. The zero-order valence-electron chi connectivity index (χ0n) is 12.3. The van der Waals surface area contributed by atoms with E-state index in [1.54, 1.807) is 32.9 Å². The first kappa shape index (κ1) is 16.2. The highest BCUT2D eigenvalue weighted by molar-refractivity contribution is 9.10. The number of rotatable bonds is 1. The van der Waals surface area contributed by atoms with Crippen molar-refractivity contribution in [3.05, 3.63) is 34.1 Å². The highest BCUT2D eigenvalue weighted by Gasteiger charge is 2.39. The maximum Gasteiger partial charge on any atom is 0.410 e. The minimum atomic E-state index is -0.724. The van der Waals surface area contributed by atoms with Gasteiger partial charge < -0.3 is 9.84 Å². The fourth-order valence-electron chi connectivity index (χ4n) is 2.40. The van der Waals surface area contributed by atoms with Crippen LogP contribution in [0.15, 0.2) is 22.7 Å². The van der Waals surface area contributed by atoms with E-state index in [0.29, 0.717) is 23.0 Å². The average molecular weight is 360 g/mol. The molecule has 0 saturated carbocycles. The van der Waals surface area contributed by atoms with Gasteiger partial charge in [0.15, 0.2) is 0 Å². The summed E-state index contributed by atoms with van der Waals surface area (Å²) >= 11 is 3.09. The number of carbonyl (C=O) groups excluding carboxylic acids is 1. The quantitative estimate of drug-likeness (QED) is 0.832. The second-order valence-corrected chi connectivity index (χ2v) is 7.00. The molecular formula is C15H19BrFNO3. The molecule has 1 fully saturated rings. The van der Waals surface area contributed by atoms with Gasteiger partial charge in [0.25, 0.3) is 0 Å². The lowest BCUT2D eigenvalue weighted by Crippen LogP contribution is -2.38. The smallest absolute Gasteiger partial charge is 0.410 e. The molecule has 1 N–H and O–H groups in total. The molecule has 0 aliphatic carbocycles. The summed E-state index contributed by atoms with van der Waals surface area (Å²) < 4.78 is 19.4. The molecule has 21 heavy (non-hydrogen) atoms. The van der Waals surface area contributed by atoms with Crippen molar-refractivity contribution in [2.24, 2.45) is 0 Å². The van der Waals surface area contributed by atoms with Crippen LogP contribution in [0.4, 0.5) is 9.18 Å². The van der Waals surface area contributed by atoms with Crippen molar-refractivity contribution in [2.75, 3.05) is 6.54 Å². The summed E-state index contributed by atoms with van der Waals surface area (Å²) in [5.74, 6) is -0.421. The predicted octanol–water partition coefficient (Wildman–Crippen LogP) is 3.63. The molecule has 1 aliphatic rings. The Morgan fingerprint density at radius 1 is 1.48 bits per heavy atom. The van der Waals surface area contributed by atoms with Crippen molar-refractivity contribution >= 4 is 22.0 Å². The summed E-state index contributed by atoms with van der Waals surface area (Å²) in [6.45, 7) is 5.74. The molecule has 0 spiro atoms. The second-order valence-electron chi connectivity index (χ2n) is 6.15. The zero-order chi connectivity index (χ0) is 15.8. The van der Waals surface area contributed by atoms with Gasteiger partial charge in [0.1, 0.15) is 11.4 Å². The monoisotopic (exact) mass is 359 g/mol. The fourth-order valence-corrected chi connectivity index (χ4v) is 2.65. The SMILES string of the molecule is CC(C)(C)OC(=O)N1CCC(O)C1c1ccc(Br)c(F)c1. The lowest BCUT2D eigenvalue weighted by Gasteiger charge is -2.29. The van der Waals surface area contributed by atoms with E-state index in [1.807, 2.05) is 0 Å². The van der Waals surface area contributed by atoms with Crippen molar-refractivity contribution in [2.45, 2.75) is 44.9 Å². The summed E-state index contributed by atoms with van der Waals surface area (Å²) in [5.41, 5.74) is -0.0493. The summed E-state index contributed by atoms with van der Waals surface area (Å²) in [5, 5.41) is 10.1. The average Bonchev–Trinajstić information content (AvgIpc) is 2.73. The van der Waals surface area contributed by atoms with Gasteiger partial charge in [-0.25, -0.2) is 9.18 Å². The Morgan fingerprint density at radius 2 is 2.14 bits per heavy atom. The standard InChI is InChI=1S/C15H19BrFNO3/c1-15(2,3)21-14(20)18-7-6-12(19)13(18)9-4-5-10(16)11(17)8-9/h4-5,8,12-13,19H,6-7H2,1-3H3. The molecule has 4 nitrogen and oxygen atoms in total. The molecule has 0 aromatic heterocycles. The topological polar surface area (TPSA) is 49.8 Å². The molecule has 2 rings (SSSR count). The number of amides is 1. The number of hydrogen-bond acceptors (Lipinski definition) is 3. The van der Waals surface area contributed by atoms with Gasteiger partial charge in [-0.2, -0.15) is 0 Å². The van der Waals surface area contributed by atoms with E-state index in [9.17, 15) is 14.3 Å². The number of ether oxygens (including phenoxy) is 1. The Labute approximate surface area is 132 Å². The lowest BCUT2D eigenvalue weighted by molar-refractivity contribution is 0.0151. The maximum absolute atomic E-state index is 13.7.